The van der Waals surface area contributed by atoms with Crippen molar-refractivity contribution in [3.63, 3.8) is 0 Å². The van der Waals surface area contributed by atoms with Gasteiger partial charge >= 0.3 is 11.9 Å². The predicted molar refractivity (Wildman–Crippen MR) is 72.1 cm³/mol. The van der Waals surface area contributed by atoms with Crippen LogP contribution in [-0.4, -0.2) is 22.6 Å². The molecule has 0 radical (unpaired) electrons. The third-order valence-corrected chi connectivity index (χ3v) is 2.59. The van der Waals surface area contributed by atoms with E-state index in [2.05, 4.69) is 0 Å². The highest BCUT2D eigenvalue weighted by molar-refractivity contribution is 6.30. The Hall–Kier alpha value is -1.55. The molecule has 0 aliphatic carbocycles. The molecule has 1 aromatic rings. The number of benzene rings is 1. The largest absolute Gasteiger partial charge is 0.481 e. The Morgan fingerprint density at radius 2 is 1.79 bits per heavy atom. The van der Waals surface area contributed by atoms with Gasteiger partial charge in [-0.25, -0.2) is 0 Å². The molecule has 0 spiro atoms. The van der Waals surface area contributed by atoms with Crippen molar-refractivity contribution in [3.05, 3.63) is 34.9 Å². The van der Waals surface area contributed by atoms with E-state index >= 15 is 0 Å². The van der Waals surface area contributed by atoms with Crippen LogP contribution in [0.25, 0.3) is 0 Å². The standard InChI is InChI=1S/C14H17ClO4/c1-14(2,3)19-13(18)11(12(16)17)8-9-4-6-10(15)7-5-9/h4-7,11H,8H2,1-3H3,(H,16,17)/t11-/m0/s1. The number of carboxylic acids is 1. The smallest absolute Gasteiger partial charge is 0.321 e. The quantitative estimate of drug-likeness (QED) is 0.682. The summed E-state index contributed by atoms with van der Waals surface area (Å²) in [4.78, 5) is 23.0. The maximum absolute atomic E-state index is 11.8. The van der Waals surface area contributed by atoms with Gasteiger partial charge in [-0.3, -0.25) is 9.59 Å². The van der Waals surface area contributed by atoms with Crippen molar-refractivity contribution in [2.75, 3.05) is 0 Å². The van der Waals surface area contributed by atoms with Crippen LogP contribution in [0.3, 0.4) is 0 Å². The summed E-state index contributed by atoms with van der Waals surface area (Å²) in [5, 5.41) is 9.69. The van der Waals surface area contributed by atoms with E-state index in [1.165, 1.54) is 0 Å². The zero-order chi connectivity index (χ0) is 14.6. The topological polar surface area (TPSA) is 63.6 Å². The van der Waals surface area contributed by atoms with Crippen LogP contribution in [0, 0.1) is 5.92 Å². The second kappa shape index (κ2) is 6.06. The number of hydrogen-bond donors (Lipinski definition) is 1. The van der Waals surface area contributed by atoms with Gasteiger partial charge in [0.25, 0.3) is 0 Å². The fraction of sp³-hybridized carbons (Fsp3) is 0.429. The van der Waals surface area contributed by atoms with Crippen LogP contribution in [0.4, 0.5) is 0 Å². The molecule has 104 valence electrons. The Morgan fingerprint density at radius 3 is 2.21 bits per heavy atom. The lowest BCUT2D eigenvalue weighted by molar-refractivity contribution is -0.166. The summed E-state index contributed by atoms with van der Waals surface area (Å²) in [7, 11) is 0. The Balaban J connectivity index is 2.81. The maximum atomic E-state index is 11.8. The molecule has 0 aromatic heterocycles. The van der Waals surface area contributed by atoms with Crippen molar-refractivity contribution in [2.45, 2.75) is 32.8 Å². The van der Waals surface area contributed by atoms with Crippen LogP contribution < -0.4 is 0 Å². The molecule has 1 aromatic carbocycles. The highest BCUT2D eigenvalue weighted by Gasteiger charge is 2.31. The monoisotopic (exact) mass is 284 g/mol. The van der Waals surface area contributed by atoms with E-state index in [4.69, 9.17) is 21.4 Å². The number of carbonyl (C=O) groups is 2. The van der Waals surface area contributed by atoms with Gasteiger partial charge in [-0.15, -0.1) is 0 Å². The molecule has 0 saturated carbocycles. The molecule has 19 heavy (non-hydrogen) atoms. The van der Waals surface area contributed by atoms with E-state index in [1.807, 2.05) is 0 Å². The average molecular weight is 285 g/mol. The minimum atomic E-state index is -1.21. The molecule has 4 nitrogen and oxygen atoms in total. The third-order valence-electron chi connectivity index (χ3n) is 2.34. The van der Waals surface area contributed by atoms with E-state index in [9.17, 15) is 9.59 Å². The lowest BCUT2D eigenvalue weighted by Gasteiger charge is -2.22. The molecule has 0 heterocycles. The highest BCUT2D eigenvalue weighted by atomic mass is 35.5. The maximum Gasteiger partial charge on any atom is 0.321 e. The second-order valence-electron chi connectivity index (χ2n) is 5.25. The number of aliphatic carboxylic acids is 1. The summed E-state index contributed by atoms with van der Waals surface area (Å²) in [5.41, 5.74) is 0.0211. The van der Waals surface area contributed by atoms with E-state index < -0.39 is 23.5 Å². The summed E-state index contributed by atoms with van der Waals surface area (Å²) in [6.45, 7) is 5.10. The fourth-order valence-corrected chi connectivity index (χ4v) is 1.63. The van der Waals surface area contributed by atoms with Gasteiger partial charge in [0.1, 0.15) is 5.60 Å². The number of rotatable bonds is 4. The number of carboxylic acid groups (broad SMARTS) is 1. The summed E-state index contributed by atoms with van der Waals surface area (Å²) in [6.07, 6.45) is 0.0847. The summed E-state index contributed by atoms with van der Waals surface area (Å²) in [5.74, 6) is -3.13. The normalized spacial score (nSPS) is 12.8. The SMILES string of the molecule is CC(C)(C)OC(=O)[C@@H](Cc1ccc(Cl)cc1)C(=O)O. The molecule has 0 unspecified atom stereocenters. The summed E-state index contributed by atoms with van der Waals surface area (Å²) in [6, 6.07) is 6.71. The first-order chi connectivity index (χ1) is 8.69. The molecule has 1 rings (SSSR count). The molecule has 0 aliphatic rings. The van der Waals surface area contributed by atoms with Gasteiger partial charge in [0.15, 0.2) is 5.92 Å². The van der Waals surface area contributed by atoms with Gasteiger partial charge in [-0.2, -0.15) is 0 Å². The average Bonchev–Trinajstić information content (AvgIpc) is 2.25. The lowest BCUT2D eigenvalue weighted by Crippen LogP contribution is -2.33. The van der Waals surface area contributed by atoms with Crippen molar-refractivity contribution in [2.24, 2.45) is 5.92 Å². The predicted octanol–water partition coefficient (Wildman–Crippen LogP) is 2.93. The van der Waals surface area contributed by atoms with Gasteiger partial charge < -0.3 is 9.84 Å². The third kappa shape index (κ3) is 5.30. The molecule has 0 fully saturated rings. The molecule has 1 atom stereocenters. The number of hydrogen-bond acceptors (Lipinski definition) is 3. The minimum Gasteiger partial charge on any atom is -0.481 e. The highest BCUT2D eigenvalue weighted by Crippen LogP contribution is 2.17. The molecule has 0 aliphatic heterocycles. The van der Waals surface area contributed by atoms with Crippen molar-refractivity contribution in [1.29, 1.82) is 0 Å². The second-order valence-corrected chi connectivity index (χ2v) is 5.69. The van der Waals surface area contributed by atoms with E-state index in [0.717, 1.165) is 5.56 Å². The Morgan fingerprint density at radius 1 is 1.26 bits per heavy atom. The van der Waals surface area contributed by atoms with Crippen LogP contribution in [0.1, 0.15) is 26.3 Å². The van der Waals surface area contributed by atoms with E-state index in [-0.39, 0.29) is 6.42 Å². The Bertz CT molecular complexity index is 459. The molecular weight excluding hydrogens is 268 g/mol. The Kier molecular flexibility index (Phi) is 4.95. The van der Waals surface area contributed by atoms with Crippen molar-refractivity contribution >= 4 is 23.5 Å². The van der Waals surface area contributed by atoms with Crippen molar-refractivity contribution < 1.29 is 19.4 Å². The first-order valence-corrected chi connectivity index (χ1v) is 6.27. The van der Waals surface area contributed by atoms with E-state index in [0.29, 0.717) is 5.02 Å². The van der Waals surface area contributed by atoms with E-state index in [1.54, 1.807) is 45.0 Å². The summed E-state index contributed by atoms with van der Waals surface area (Å²) < 4.78 is 5.11. The van der Waals surface area contributed by atoms with Gasteiger partial charge in [-0.1, -0.05) is 23.7 Å². The van der Waals surface area contributed by atoms with Gasteiger partial charge in [-0.05, 0) is 44.9 Å². The van der Waals surface area contributed by atoms with Crippen LogP contribution in [0.2, 0.25) is 5.02 Å². The van der Waals surface area contributed by atoms with Crippen molar-refractivity contribution in [1.82, 2.24) is 0 Å². The number of ether oxygens (including phenoxy) is 1. The first-order valence-electron chi connectivity index (χ1n) is 5.89. The van der Waals surface area contributed by atoms with Crippen LogP contribution >= 0.6 is 11.6 Å². The molecule has 1 N–H and O–H groups in total. The Labute approximate surface area is 117 Å². The molecule has 5 heteroatoms. The minimum absolute atomic E-state index is 0.0847. The molecular formula is C14H17ClO4. The molecule has 0 saturated heterocycles. The molecule has 0 bridgehead atoms. The fourth-order valence-electron chi connectivity index (χ4n) is 1.50. The zero-order valence-electron chi connectivity index (χ0n) is 11.1. The van der Waals surface area contributed by atoms with Gasteiger partial charge in [0.2, 0.25) is 0 Å². The zero-order valence-corrected chi connectivity index (χ0v) is 11.9. The van der Waals surface area contributed by atoms with Crippen LogP contribution in [0.15, 0.2) is 24.3 Å². The van der Waals surface area contributed by atoms with Crippen LogP contribution in [-0.2, 0) is 20.7 Å². The van der Waals surface area contributed by atoms with Crippen molar-refractivity contribution in [3.8, 4) is 0 Å². The van der Waals surface area contributed by atoms with Crippen LogP contribution in [0.5, 0.6) is 0 Å². The summed E-state index contributed by atoms with van der Waals surface area (Å²) >= 11 is 5.75. The number of halogens is 1. The first kappa shape index (κ1) is 15.5. The lowest BCUT2D eigenvalue weighted by atomic mass is 9.99. The number of carbonyl (C=O) groups excluding carboxylic acids is 1. The molecule has 0 amide bonds. The van der Waals surface area contributed by atoms with Gasteiger partial charge in [0.05, 0.1) is 0 Å². The number of esters is 1. The van der Waals surface area contributed by atoms with Gasteiger partial charge in [0, 0.05) is 5.02 Å².